The Morgan fingerprint density at radius 3 is 1.14 bits per heavy atom. The van der Waals surface area contributed by atoms with E-state index in [0.29, 0.717) is 0 Å². The van der Waals surface area contributed by atoms with E-state index in [1.165, 1.54) is 0 Å². The molecule has 0 fully saturated rings. The molecule has 0 amide bonds. The topological polar surface area (TPSA) is 152 Å². The molecule has 0 aromatic heterocycles. The van der Waals surface area contributed by atoms with Crippen LogP contribution in [0, 0.1) is 0 Å². The highest BCUT2D eigenvalue weighted by molar-refractivity contribution is 7.40. The number of phosphoric acid groups is 1. The van der Waals surface area contributed by atoms with Crippen molar-refractivity contribution in [2.45, 2.75) is 0 Å². The number of hydrogen-bond acceptors (Lipinski definition) is 5. The molecule has 0 aliphatic carbocycles. The summed E-state index contributed by atoms with van der Waals surface area (Å²) in [6.45, 7) is 0. The summed E-state index contributed by atoms with van der Waals surface area (Å²) in [6.07, 6.45) is 0. The van der Waals surface area contributed by atoms with E-state index in [2.05, 4.69) is 0 Å². The maximum atomic E-state index is 8.55. The Kier molecular flexibility index (Phi) is 8.95. The largest absolute Gasteiger partial charge is 3.00 e. The summed E-state index contributed by atoms with van der Waals surface area (Å²) in [5.74, 6) is 0. The van der Waals surface area contributed by atoms with Gasteiger partial charge in [-0.2, -0.15) is 7.82 Å². The molecule has 0 heterocycles. The molecule has 0 saturated carbocycles. The Morgan fingerprint density at radius 1 is 1.14 bits per heavy atom. The van der Waals surface area contributed by atoms with E-state index < -0.39 is 7.82 Å². The molecule has 2 radical (unpaired) electrons. The first-order valence-electron chi connectivity index (χ1n) is 0.730. The van der Waals surface area contributed by atoms with Crippen LogP contribution in [-0.2, 0) is 4.57 Å². The zero-order chi connectivity index (χ0) is 4.50. The smallest absolute Gasteiger partial charge is 0.822 e. The van der Waals surface area contributed by atoms with Gasteiger partial charge in [-0.3, -0.25) is 0 Å². The molecule has 0 atom stereocenters. The molecule has 0 aromatic rings. The Morgan fingerprint density at radius 2 is 1.14 bits per heavy atom. The second kappa shape index (κ2) is 3.95. The van der Waals surface area contributed by atoms with Crippen molar-refractivity contribution in [3.05, 3.63) is 0 Å². The van der Waals surface area contributed by atoms with Crippen LogP contribution in [0.15, 0.2) is 0 Å². The van der Waals surface area contributed by atoms with Crippen molar-refractivity contribution >= 4 is 7.82 Å². The summed E-state index contributed by atoms with van der Waals surface area (Å²) in [5.41, 5.74) is 0. The van der Waals surface area contributed by atoms with Gasteiger partial charge in [0.25, 0.3) is 0 Å². The molecule has 6 nitrogen and oxygen atoms in total. The third-order valence-corrected chi connectivity index (χ3v) is 0. The minimum atomic E-state index is -5.39. The zero-order valence-electron chi connectivity index (χ0n) is 3.23. The van der Waals surface area contributed by atoms with Gasteiger partial charge in [0.05, 0.1) is 0 Å². The Hall–Kier alpha value is -0.220. The predicted octanol–water partition coefficient (Wildman–Crippen LogP) is -3.14. The molecular formula is H3N2O4P. The van der Waals surface area contributed by atoms with Gasteiger partial charge in [0.2, 0.25) is 0 Å². The molecular weight excluding hydrogens is 123 g/mol. The highest BCUT2D eigenvalue weighted by atomic mass is 31.2. The fraction of sp³-hybridized carbons (Fsp3) is 0. The standard InChI is InChI=1S/H3N.N.H3O4P/c;;1-5(2,3)4/h1H3;;(H3,1,2,3,4)/q;+3;/p-3. The van der Waals surface area contributed by atoms with Gasteiger partial charge in [0, 0.05) is 0 Å². The Balaban J connectivity index is -0.0000000800. The average molecular weight is 126 g/mol. The van der Waals surface area contributed by atoms with Crippen molar-refractivity contribution in [2.24, 2.45) is 0 Å². The highest BCUT2D eigenvalue weighted by Gasteiger charge is 3.00. The Bertz CT molecular complexity index is 55.8. The summed E-state index contributed by atoms with van der Waals surface area (Å²) in [5, 5.41) is 0. The van der Waals surface area contributed by atoms with Crippen molar-refractivity contribution in [3.8, 4) is 0 Å². The van der Waals surface area contributed by atoms with Crippen LogP contribution in [-0.4, -0.2) is 0 Å². The van der Waals surface area contributed by atoms with Crippen LogP contribution in [0.2, 0.25) is 0 Å². The van der Waals surface area contributed by atoms with Crippen molar-refractivity contribution in [3.63, 3.8) is 0 Å². The van der Waals surface area contributed by atoms with Crippen LogP contribution in [0.4, 0.5) is 0 Å². The van der Waals surface area contributed by atoms with Crippen LogP contribution >= 0.6 is 7.82 Å². The van der Waals surface area contributed by atoms with E-state index in [1.54, 1.807) is 0 Å². The average Bonchev–Trinajstić information content (AvgIpc) is 0.722. The van der Waals surface area contributed by atoms with Crippen molar-refractivity contribution < 1.29 is 19.2 Å². The van der Waals surface area contributed by atoms with Crippen molar-refractivity contribution in [2.75, 3.05) is 0 Å². The van der Waals surface area contributed by atoms with Crippen LogP contribution in [0.25, 0.3) is 0 Å². The molecule has 0 saturated heterocycles. The summed E-state index contributed by atoms with van der Waals surface area (Å²) in [4.78, 5) is 25.6. The van der Waals surface area contributed by atoms with Gasteiger partial charge in [0.1, 0.15) is 0 Å². The first-order chi connectivity index (χ1) is 2.00. The van der Waals surface area contributed by atoms with Gasteiger partial charge < -0.3 is 25.4 Å². The zero-order valence-corrected chi connectivity index (χ0v) is 4.13. The summed E-state index contributed by atoms with van der Waals surface area (Å²) >= 11 is 0. The lowest BCUT2D eigenvalue weighted by molar-refractivity contribution is -0.432. The van der Waals surface area contributed by atoms with E-state index in [0.717, 1.165) is 0 Å². The van der Waals surface area contributed by atoms with Gasteiger partial charge in [-0.1, -0.05) is 0 Å². The van der Waals surface area contributed by atoms with Crippen LogP contribution in [0.3, 0.4) is 0 Å². The monoisotopic (exact) mass is 126 g/mol. The molecule has 0 rings (SSSR count). The molecule has 42 valence electrons. The van der Waals surface area contributed by atoms with Gasteiger partial charge in [0.15, 0.2) is 0 Å². The van der Waals surface area contributed by atoms with E-state index in [1.807, 2.05) is 0 Å². The molecule has 0 aliphatic rings. The van der Waals surface area contributed by atoms with Gasteiger partial charge in [-0.05, 0) is 0 Å². The maximum absolute atomic E-state index is 8.55. The quantitative estimate of drug-likeness (QED) is 0.339. The molecule has 0 spiro atoms. The SMILES string of the molecule is N.O=P([O-])([O-])[O-].[N+3]. The molecule has 0 aromatic carbocycles. The number of rotatable bonds is 0. The van der Waals surface area contributed by atoms with Crippen LogP contribution < -0.4 is 27.0 Å². The number of nitrogens with zero attached hydrogens (tertiary/aromatic N) is 1. The van der Waals surface area contributed by atoms with Gasteiger partial charge in [-0.25, -0.2) is 0 Å². The molecule has 0 bridgehead atoms. The summed E-state index contributed by atoms with van der Waals surface area (Å²) < 4.78 is 8.55. The molecule has 7 heteroatoms. The van der Waals surface area contributed by atoms with Crippen molar-refractivity contribution in [1.29, 1.82) is 0 Å². The first kappa shape index (κ1) is 15.9. The lowest BCUT2D eigenvalue weighted by Gasteiger charge is -2.36. The third kappa shape index (κ3) is 1710. The Labute approximate surface area is 40.6 Å². The second-order valence-corrected chi connectivity index (χ2v) is 1.34. The highest BCUT2D eigenvalue weighted by Crippen LogP contribution is 2.03. The minimum absolute atomic E-state index is 0. The lowest BCUT2D eigenvalue weighted by Crippen LogP contribution is -2.24. The second-order valence-electron chi connectivity index (χ2n) is 0.447. The molecule has 0 aliphatic heterocycles. The lowest BCUT2D eigenvalue weighted by atomic mass is 14.0. The fourth-order valence-corrected chi connectivity index (χ4v) is 0. The summed E-state index contributed by atoms with van der Waals surface area (Å²) in [7, 11) is -5.39. The minimum Gasteiger partial charge on any atom is -0.822 e. The van der Waals surface area contributed by atoms with E-state index in [4.69, 9.17) is 19.2 Å². The van der Waals surface area contributed by atoms with E-state index >= 15 is 0 Å². The van der Waals surface area contributed by atoms with Crippen LogP contribution in [0.5, 0.6) is 0 Å². The van der Waals surface area contributed by atoms with E-state index in [-0.39, 0.29) is 12.3 Å². The molecule has 7 heavy (non-hydrogen) atoms. The fourth-order valence-electron chi connectivity index (χ4n) is 0. The van der Waals surface area contributed by atoms with Crippen LogP contribution in [0.1, 0.15) is 0 Å². The first-order valence-corrected chi connectivity index (χ1v) is 2.19. The maximum Gasteiger partial charge on any atom is 3.00 e. The summed E-state index contributed by atoms with van der Waals surface area (Å²) in [6, 6.07) is 0. The third-order valence-electron chi connectivity index (χ3n) is 0. The molecule has 0 unspecified atom stereocenters. The van der Waals surface area contributed by atoms with Gasteiger partial charge in [-0.15, -0.1) is 0 Å². The normalized spacial score (nSPS) is 8.43. The molecule has 3 N–H and O–H groups in total. The van der Waals surface area contributed by atoms with E-state index in [9.17, 15) is 0 Å². The van der Waals surface area contributed by atoms with Crippen molar-refractivity contribution in [1.82, 2.24) is 12.3 Å². The van der Waals surface area contributed by atoms with Gasteiger partial charge >= 0.3 is 6.15 Å². The predicted molar refractivity (Wildman–Crippen MR) is 14.8 cm³/mol. The number of hydrogen-bond donors (Lipinski definition) is 1.